The van der Waals surface area contributed by atoms with Crippen LogP contribution in [0.1, 0.15) is 16.7 Å². The summed E-state index contributed by atoms with van der Waals surface area (Å²) in [6.07, 6.45) is 0. The van der Waals surface area contributed by atoms with Gasteiger partial charge in [0.1, 0.15) is 11.8 Å². The summed E-state index contributed by atoms with van der Waals surface area (Å²) in [4.78, 5) is 0. The monoisotopic (exact) mass is 237 g/mol. The highest BCUT2D eigenvalue weighted by Crippen LogP contribution is 2.31. The van der Waals surface area contributed by atoms with E-state index in [1.807, 2.05) is 25.1 Å². The Labute approximate surface area is 107 Å². The second-order valence-electron chi connectivity index (χ2n) is 4.30. The van der Waals surface area contributed by atoms with Crippen LogP contribution in [0.5, 0.6) is 5.75 Å². The fraction of sp³-hybridized carbons (Fsp3) is 0.188. The molecular weight excluding hydrogens is 222 g/mol. The van der Waals surface area contributed by atoms with Crippen LogP contribution >= 0.6 is 0 Å². The SMILES string of the molecule is COc1c(C)cc(-c2ccccc2C)cc1C#N. The van der Waals surface area contributed by atoms with Gasteiger partial charge in [0, 0.05) is 0 Å². The van der Waals surface area contributed by atoms with Crippen molar-refractivity contribution in [2.24, 2.45) is 0 Å². The Kier molecular flexibility index (Phi) is 3.34. The van der Waals surface area contributed by atoms with Crippen LogP contribution in [0.2, 0.25) is 0 Å². The number of rotatable bonds is 2. The van der Waals surface area contributed by atoms with Crippen LogP contribution in [0.15, 0.2) is 36.4 Å². The van der Waals surface area contributed by atoms with E-state index >= 15 is 0 Å². The first kappa shape index (κ1) is 12.2. The van der Waals surface area contributed by atoms with Crippen LogP contribution in [0.3, 0.4) is 0 Å². The van der Waals surface area contributed by atoms with Crippen LogP contribution in [0.4, 0.5) is 0 Å². The Bertz CT molecular complexity index is 623. The zero-order valence-corrected chi connectivity index (χ0v) is 10.8. The summed E-state index contributed by atoms with van der Waals surface area (Å²) in [7, 11) is 1.59. The van der Waals surface area contributed by atoms with Gasteiger partial charge in [0.2, 0.25) is 0 Å². The number of nitriles is 1. The predicted octanol–water partition coefficient (Wildman–Crippen LogP) is 3.85. The summed E-state index contributed by atoms with van der Waals surface area (Å²) in [6.45, 7) is 4.03. The molecule has 0 aliphatic heterocycles. The molecule has 0 radical (unpaired) electrons. The maximum absolute atomic E-state index is 9.18. The van der Waals surface area contributed by atoms with Gasteiger partial charge in [-0.25, -0.2) is 0 Å². The van der Waals surface area contributed by atoms with Crippen LogP contribution < -0.4 is 4.74 Å². The van der Waals surface area contributed by atoms with Crippen LogP contribution in [-0.2, 0) is 0 Å². The van der Waals surface area contributed by atoms with E-state index in [0.717, 1.165) is 16.7 Å². The van der Waals surface area contributed by atoms with E-state index in [1.165, 1.54) is 5.56 Å². The van der Waals surface area contributed by atoms with E-state index in [0.29, 0.717) is 11.3 Å². The number of hydrogen-bond acceptors (Lipinski definition) is 2. The van der Waals surface area contributed by atoms with E-state index in [-0.39, 0.29) is 0 Å². The third-order valence-corrected chi connectivity index (χ3v) is 3.06. The topological polar surface area (TPSA) is 33.0 Å². The molecule has 2 aromatic carbocycles. The average Bonchev–Trinajstić information content (AvgIpc) is 2.38. The molecule has 0 aliphatic carbocycles. The van der Waals surface area contributed by atoms with Gasteiger partial charge in [-0.3, -0.25) is 0 Å². The Hall–Kier alpha value is -2.27. The summed E-state index contributed by atoms with van der Waals surface area (Å²) in [6, 6.07) is 14.3. The van der Waals surface area contributed by atoms with Gasteiger partial charge < -0.3 is 4.74 Å². The van der Waals surface area contributed by atoms with E-state index in [1.54, 1.807) is 7.11 Å². The Morgan fingerprint density at radius 1 is 1.06 bits per heavy atom. The van der Waals surface area contributed by atoms with Crippen molar-refractivity contribution in [3.8, 4) is 22.9 Å². The molecule has 90 valence electrons. The number of nitrogens with zero attached hydrogens (tertiary/aromatic N) is 1. The van der Waals surface area contributed by atoms with Gasteiger partial charge in [-0.1, -0.05) is 24.3 Å². The van der Waals surface area contributed by atoms with Gasteiger partial charge in [-0.2, -0.15) is 5.26 Å². The zero-order valence-electron chi connectivity index (χ0n) is 10.8. The van der Waals surface area contributed by atoms with Crippen LogP contribution in [0.25, 0.3) is 11.1 Å². The van der Waals surface area contributed by atoms with Crippen LogP contribution in [-0.4, -0.2) is 7.11 Å². The third kappa shape index (κ3) is 2.08. The van der Waals surface area contributed by atoms with E-state index in [4.69, 9.17) is 4.74 Å². The molecule has 2 rings (SSSR count). The van der Waals surface area contributed by atoms with Crippen molar-refractivity contribution in [2.45, 2.75) is 13.8 Å². The molecule has 0 spiro atoms. The number of benzene rings is 2. The Balaban J connectivity index is 2.65. The largest absolute Gasteiger partial charge is 0.495 e. The number of hydrogen-bond donors (Lipinski definition) is 0. The normalized spacial score (nSPS) is 9.89. The van der Waals surface area contributed by atoms with E-state index in [2.05, 4.69) is 31.2 Å². The third-order valence-electron chi connectivity index (χ3n) is 3.06. The fourth-order valence-corrected chi connectivity index (χ4v) is 2.18. The van der Waals surface area contributed by atoms with Gasteiger partial charge >= 0.3 is 0 Å². The molecule has 0 unspecified atom stereocenters. The molecule has 0 aromatic heterocycles. The highest BCUT2D eigenvalue weighted by molar-refractivity contribution is 5.71. The highest BCUT2D eigenvalue weighted by atomic mass is 16.5. The minimum atomic E-state index is 0.579. The van der Waals surface area contributed by atoms with Crippen LogP contribution in [0, 0.1) is 25.2 Å². The van der Waals surface area contributed by atoms with E-state index in [9.17, 15) is 5.26 Å². The molecular formula is C16H15NO. The lowest BCUT2D eigenvalue weighted by atomic mass is 9.96. The van der Waals surface area contributed by atoms with Crippen molar-refractivity contribution in [3.05, 3.63) is 53.1 Å². The lowest BCUT2D eigenvalue weighted by molar-refractivity contribution is 0.410. The van der Waals surface area contributed by atoms with E-state index < -0.39 is 0 Å². The molecule has 0 N–H and O–H groups in total. The smallest absolute Gasteiger partial charge is 0.139 e. The lowest BCUT2D eigenvalue weighted by Crippen LogP contribution is -1.93. The second-order valence-corrected chi connectivity index (χ2v) is 4.30. The first-order chi connectivity index (χ1) is 8.67. The average molecular weight is 237 g/mol. The summed E-state index contributed by atoms with van der Waals surface area (Å²) in [5, 5.41) is 9.18. The van der Waals surface area contributed by atoms with Crippen molar-refractivity contribution >= 4 is 0 Å². The van der Waals surface area contributed by atoms with Gasteiger partial charge in [-0.05, 0) is 48.2 Å². The molecule has 2 nitrogen and oxygen atoms in total. The number of aryl methyl sites for hydroxylation is 2. The predicted molar refractivity (Wildman–Crippen MR) is 72.6 cm³/mol. The molecule has 0 amide bonds. The fourth-order valence-electron chi connectivity index (χ4n) is 2.18. The molecule has 0 bridgehead atoms. The molecule has 2 aromatic rings. The number of methoxy groups -OCH3 is 1. The van der Waals surface area contributed by atoms with Gasteiger partial charge in [-0.15, -0.1) is 0 Å². The van der Waals surface area contributed by atoms with Gasteiger partial charge in [0.05, 0.1) is 12.7 Å². The second kappa shape index (κ2) is 4.93. The lowest BCUT2D eigenvalue weighted by Gasteiger charge is -2.11. The summed E-state index contributed by atoms with van der Waals surface area (Å²) in [5.74, 6) is 0.662. The summed E-state index contributed by atoms with van der Waals surface area (Å²) < 4.78 is 5.27. The molecule has 0 atom stereocenters. The van der Waals surface area contributed by atoms with Gasteiger partial charge in [0.15, 0.2) is 0 Å². The first-order valence-corrected chi connectivity index (χ1v) is 5.82. The standard InChI is InChI=1S/C16H15NO/c1-11-6-4-5-7-15(11)13-8-12(2)16(18-3)14(9-13)10-17/h4-9H,1-3H3. The first-order valence-electron chi connectivity index (χ1n) is 5.82. The summed E-state index contributed by atoms with van der Waals surface area (Å²) in [5.41, 5.74) is 4.97. The quantitative estimate of drug-likeness (QED) is 0.794. The number of ether oxygens (including phenoxy) is 1. The molecule has 2 heteroatoms. The van der Waals surface area contributed by atoms with Crippen molar-refractivity contribution in [1.29, 1.82) is 5.26 Å². The van der Waals surface area contributed by atoms with Crippen molar-refractivity contribution in [2.75, 3.05) is 7.11 Å². The van der Waals surface area contributed by atoms with Crippen molar-refractivity contribution < 1.29 is 4.74 Å². The maximum Gasteiger partial charge on any atom is 0.139 e. The maximum atomic E-state index is 9.18. The van der Waals surface area contributed by atoms with Crippen molar-refractivity contribution in [3.63, 3.8) is 0 Å². The zero-order chi connectivity index (χ0) is 13.1. The molecule has 0 saturated carbocycles. The highest BCUT2D eigenvalue weighted by Gasteiger charge is 2.10. The Morgan fingerprint density at radius 3 is 2.39 bits per heavy atom. The summed E-state index contributed by atoms with van der Waals surface area (Å²) >= 11 is 0. The van der Waals surface area contributed by atoms with Crippen molar-refractivity contribution in [1.82, 2.24) is 0 Å². The Morgan fingerprint density at radius 2 is 1.78 bits per heavy atom. The molecule has 0 heterocycles. The van der Waals surface area contributed by atoms with Gasteiger partial charge in [0.25, 0.3) is 0 Å². The molecule has 18 heavy (non-hydrogen) atoms. The minimum absolute atomic E-state index is 0.579. The minimum Gasteiger partial charge on any atom is -0.495 e. The molecule has 0 aliphatic rings. The molecule has 0 saturated heterocycles. The molecule has 0 fully saturated rings.